The molecule has 1 amide bonds. The normalized spacial score (nSPS) is 11.1. The smallest absolute Gasteiger partial charge is 0.272 e. The summed E-state index contributed by atoms with van der Waals surface area (Å²) in [5, 5.41) is 6.78. The van der Waals surface area contributed by atoms with Gasteiger partial charge in [0.05, 0.1) is 23.3 Å². The van der Waals surface area contributed by atoms with Gasteiger partial charge in [-0.05, 0) is 30.3 Å². The van der Waals surface area contributed by atoms with Crippen molar-refractivity contribution in [2.45, 2.75) is 6.54 Å². The zero-order valence-electron chi connectivity index (χ0n) is 15.0. The van der Waals surface area contributed by atoms with Crippen molar-refractivity contribution in [2.75, 3.05) is 7.05 Å². The first-order chi connectivity index (χ1) is 13.0. The first kappa shape index (κ1) is 17.0. The molecule has 0 aliphatic rings. The molecule has 2 aromatic heterocycles. The fraction of sp³-hybridized carbons (Fsp3) is 0.150. The fourth-order valence-electron chi connectivity index (χ4n) is 3.06. The molecule has 0 spiro atoms. The Balaban J connectivity index is 1.56. The van der Waals surface area contributed by atoms with Gasteiger partial charge in [0.2, 0.25) is 0 Å². The summed E-state index contributed by atoms with van der Waals surface area (Å²) in [5.74, 6) is 0.161. The molecule has 27 heavy (non-hydrogen) atoms. The maximum atomic E-state index is 13.9. The second kappa shape index (κ2) is 6.68. The number of amides is 1. The average Bonchev–Trinajstić information content (AvgIpc) is 3.27. The van der Waals surface area contributed by atoms with Crippen LogP contribution in [0.15, 0.2) is 54.6 Å². The molecule has 0 saturated carbocycles. The highest BCUT2D eigenvalue weighted by Gasteiger charge is 2.19. The number of carbonyl (C=O) groups excluding carboxylic acids is 1. The molecule has 0 aliphatic carbocycles. The fourth-order valence-corrected chi connectivity index (χ4v) is 3.06. The van der Waals surface area contributed by atoms with Crippen LogP contribution in [-0.4, -0.2) is 37.6 Å². The Hall–Kier alpha value is -3.48. The van der Waals surface area contributed by atoms with Gasteiger partial charge >= 0.3 is 0 Å². The molecule has 0 unspecified atom stereocenters. The van der Waals surface area contributed by atoms with Crippen LogP contribution in [-0.2, 0) is 13.6 Å². The van der Waals surface area contributed by atoms with Gasteiger partial charge in [0.1, 0.15) is 17.3 Å². The molecule has 0 atom stereocenters. The molecular formula is C20H18FN5O. The maximum Gasteiger partial charge on any atom is 0.272 e. The van der Waals surface area contributed by atoms with Gasteiger partial charge in [0.25, 0.3) is 5.91 Å². The summed E-state index contributed by atoms with van der Waals surface area (Å²) >= 11 is 0. The number of hydrogen-bond acceptors (Lipinski definition) is 3. The van der Waals surface area contributed by atoms with E-state index in [-0.39, 0.29) is 11.7 Å². The van der Waals surface area contributed by atoms with Crippen molar-refractivity contribution >= 4 is 16.9 Å². The summed E-state index contributed by atoms with van der Waals surface area (Å²) in [7, 11) is 3.63. The predicted molar refractivity (Wildman–Crippen MR) is 100 cm³/mol. The van der Waals surface area contributed by atoms with Gasteiger partial charge in [-0.1, -0.05) is 24.3 Å². The van der Waals surface area contributed by atoms with E-state index in [0.29, 0.717) is 23.5 Å². The van der Waals surface area contributed by atoms with Crippen LogP contribution in [0, 0.1) is 5.82 Å². The number of halogens is 1. The Kier molecular flexibility index (Phi) is 4.19. The second-order valence-electron chi connectivity index (χ2n) is 6.38. The Bertz CT molecular complexity index is 1130. The second-order valence-corrected chi connectivity index (χ2v) is 6.38. The zero-order valence-corrected chi connectivity index (χ0v) is 15.0. The molecule has 0 aliphatic heterocycles. The molecular weight excluding hydrogens is 345 g/mol. The summed E-state index contributed by atoms with van der Waals surface area (Å²) in [6.45, 7) is 0.345. The van der Waals surface area contributed by atoms with Gasteiger partial charge in [0.15, 0.2) is 0 Å². The molecule has 0 bridgehead atoms. The number of benzene rings is 2. The van der Waals surface area contributed by atoms with Crippen molar-refractivity contribution in [2.24, 2.45) is 7.05 Å². The highest BCUT2D eigenvalue weighted by atomic mass is 19.1. The van der Waals surface area contributed by atoms with Crippen molar-refractivity contribution in [1.29, 1.82) is 0 Å². The minimum absolute atomic E-state index is 0.239. The van der Waals surface area contributed by atoms with Crippen molar-refractivity contribution in [3.05, 3.63) is 71.9 Å². The van der Waals surface area contributed by atoms with Crippen LogP contribution in [0.3, 0.4) is 0 Å². The number of fused-ring (bicyclic) bond motifs is 1. The minimum Gasteiger partial charge on any atom is -0.333 e. The quantitative estimate of drug-likeness (QED) is 0.604. The summed E-state index contributed by atoms with van der Waals surface area (Å²) in [4.78, 5) is 18.9. The summed E-state index contributed by atoms with van der Waals surface area (Å²) in [6, 6.07) is 15.7. The molecule has 136 valence electrons. The number of H-pyrrole nitrogens is 1. The van der Waals surface area contributed by atoms with Crippen LogP contribution in [0.25, 0.3) is 22.3 Å². The number of aromatic amines is 1. The summed E-state index contributed by atoms with van der Waals surface area (Å²) < 4.78 is 15.9. The maximum absolute atomic E-state index is 13.9. The molecule has 0 fully saturated rings. The van der Waals surface area contributed by atoms with E-state index in [0.717, 1.165) is 16.9 Å². The first-order valence-corrected chi connectivity index (χ1v) is 8.50. The number of rotatable bonds is 4. The summed E-state index contributed by atoms with van der Waals surface area (Å²) in [6.07, 6.45) is 0. The van der Waals surface area contributed by atoms with Crippen LogP contribution < -0.4 is 0 Å². The Morgan fingerprint density at radius 2 is 1.93 bits per heavy atom. The van der Waals surface area contributed by atoms with E-state index >= 15 is 0 Å². The van der Waals surface area contributed by atoms with E-state index in [1.165, 1.54) is 6.07 Å². The number of aryl methyl sites for hydroxylation is 1. The molecule has 2 heterocycles. The third-order valence-corrected chi connectivity index (χ3v) is 4.56. The van der Waals surface area contributed by atoms with Gasteiger partial charge in [0, 0.05) is 19.7 Å². The molecule has 4 rings (SSSR count). The van der Waals surface area contributed by atoms with Crippen LogP contribution in [0.1, 0.15) is 16.3 Å². The molecule has 0 radical (unpaired) electrons. The lowest BCUT2D eigenvalue weighted by Crippen LogP contribution is -2.27. The van der Waals surface area contributed by atoms with E-state index in [1.54, 1.807) is 36.2 Å². The van der Waals surface area contributed by atoms with Gasteiger partial charge in [-0.25, -0.2) is 9.37 Å². The lowest BCUT2D eigenvalue weighted by atomic mass is 10.1. The standard InChI is InChI=1S/C20H18FN5O/c1-25(12-19-22-15-9-5-6-10-18(15)26(19)2)20(27)17-11-16(23-24-17)13-7-3-4-8-14(13)21/h3-11H,12H2,1-2H3,(H,23,24). The van der Waals surface area contributed by atoms with Gasteiger partial charge in [-0.2, -0.15) is 5.10 Å². The summed E-state index contributed by atoms with van der Waals surface area (Å²) in [5.41, 5.74) is 2.95. The number of para-hydroxylation sites is 2. The topological polar surface area (TPSA) is 66.8 Å². The average molecular weight is 363 g/mol. The van der Waals surface area contributed by atoms with Crippen molar-refractivity contribution in [1.82, 2.24) is 24.6 Å². The highest BCUT2D eigenvalue weighted by molar-refractivity contribution is 5.93. The number of carbonyl (C=O) groups is 1. The van der Waals surface area contributed by atoms with Crippen molar-refractivity contribution in [3.63, 3.8) is 0 Å². The van der Waals surface area contributed by atoms with E-state index in [9.17, 15) is 9.18 Å². The SMILES string of the molecule is CN(Cc1nc2ccccc2n1C)C(=O)c1cc(-c2ccccc2F)n[nH]1. The van der Waals surface area contributed by atoms with Crippen LogP contribution in [0.5, 0.6) is 0 Å². The minimum atomic E-state index is -0.379. The number of nitrogens with zero attached hydrogens (tertiary/aromatic N) is 4. The van der Waals surface area contributed by atoms with Crippen molar-refractivity contribution in [3.8, 4) is 11.3 Å². The lowest BCUT2D eigenvalue weighted by Gasteiger charge is -2.15. The van der Waals surface area contributed by atoms with E-state index in [1.807, 2.05) is 35.9 Å². The largest absolute Gasteiger partial charge is 0.333 e. The third kappa shape index (κ3) is 3.08. The lowest BCUT2D eigenvalue weighted by molar-refractivity contribution is 0.0775. The molecule has 1 N–H and O–H groups in total. The Morgan fingerprint density at radius 3 is 2.70 bits per heavy atom. The van der Waals surface area contributed by atoms with Gasteiger partial charge in [-0.15, -0.1) is 0 Å². The van der Waals surface area contributed by atoms with E-state index < -0.39 is 0 Å². The zero-order chi connectivity index (χ0) is 19.0. The van der Waals surface area contributed by atoms with Gasteiger partial charge < -0.3 is 9.47 Å². The number of nitrogens with one attached hydrogen (secondary N) is 1. The Morgan fingerprint density at radius 1 is 1.19 bits per heavy atom. The van der Waals surface area contributed by atoms with Crippen LogP contribution >= 0.6 is 0 Å². The van der Waals surface area contributed by atoms with Crippen LogP contribution in [0.2, 0.25) is 0 Å². The predicted octanol–water partition coefficient (Wildman–Crippen LogP) is 3.37. The van der Waals surface area contributed by atoms with Gasteiger partial charge in [-0.3, -0.25) is 9.89 Å². The molecule has 2 aromatic carbocycles. The number of hydrogen-bond donors (Lipinski definition) is 1. The third-order valence-electron chi connectivity index (χ3n) is 4.56. The number of imidazole rings is 1. The molecule has 7 heteroatoms. The Labute approximate surface area is 155 Å². The van der Waals surface area contributed by atoms with E-state index in [4.69, 9.17) is 0 Å². The van der Waals surface area contributed by atoms with Crippen molar-refractivity contribution < 1.29 is 9.18 Å². The monoisotopic (exact) mass is 363 g/mol. The molecule has 4 aromatic rings. The number of aromatic nitrogens is 4. The molecule has 6 nitrogen and oxygen atoms in total. The first-order valence-electron chi connectivity index (χ1n) is 8.50. The highest BCUT2D eigenvalue weighted by Crippen LogP contribution is 2.22. The van der Waals surface area contributed by atoms with E-state index in [2.05, 4.69) is 15.2 Å². The molecule has 0 saturated heterocycles. The van der Waals surface area contributed by atoms with Crippen LogP contribution in [0.4, 0.5) is 4.39 Å².